The van der Waals surface area contributed by atoms with Gasteiger partial charge in [-0.3, -0.25) is 4.90 Å². The Morgan fingerprint density at radius 1 is 0.379 bits per heavy atom. The number of nitrogens with zero attached hydrogens (tertiary/aromatic N) is 2. The first-order valence-corrected chi connectivity index (χ1v) is 23.7. The molecule has 10 rings (SSSR count). The van der Waals surface area contributed by atoms with Crippen LogP contribution in [0.4, 0.5) is 17.2 Å². The van der Waals surface area contributed by atoms with Gasteiger partial charge in [0.25, 0.3) is 0 Å². The fourth-order valence-corrected chi connectivity index (χ4v) is 9.82. The van der Waals surface area contributed by atoms with E-state index in [2.05, 4.69) is 226 Å². The SMILES string of the molecule is Cc1cccc(N(c2ccc(-c3ccc4c(-c5ccc6ccccc6c5)c5ccccc5c(-c5ccc6ccccc6c5)c4c3)cc2)c2ccc([Si](C)(C)C)cc2)n1. The topological polar surface area (TPSA) is 16.1 Å². The summed E-state index contributed by atoms with van der Waals surface area (Å²) in [5.74, 6) is 0.910. The van der Waals surface area contributed by atoms with Crippen molar-refractivity contribution < 1.29 is 0 Å². The normalized spacial score (nSPS) is 11.8. The molecule has 278 valence electrons. The molecule has 0 radical (unpaired) electrons. The molecule has 9 aromatic carbocycles. The molecule has 0 amide bonds. The number of benzene rings is 9. The van der Waals surface area contributed by atoms with Gasteiger partial charge in [-0.1, -0.05) is 164 Å². The summed E-state index contributed by atoms with van der Waals surface area (Å²) in [4.78, 5) is 7.25. The van der Waals surface area contributed by atoms with E-state index in [0.29, 0.717) is 0 Å². The zero-order valence-electron chi connectivity index (χ0n) is 33.4. The van der Waals surface area contributed by atoms with Gasteiger partial charge in [0.2, 0.25) is 0 Å². The second kappa shape index (κ2) is 14.3. The maximum absolute atomic E-state index is 4.98. The molecule has 0 bridgehead atoms. The minimum atomic E-state index is -1.45. The van der Waals surface area contributed by atoms with E-state index >= 15 is 0 Å². The minimum absolute atomic E-state index is 0.910. The molecule has 10 aromatic rings. The lowest BCUT2D eigenvalue weighted by molar-refractivity contribution is 1.13. The molecule has 1 aromatic heterocycles. The second-order valence-electron chi connectivity index (χ2n) is 16.5. The van der Waals surface area contributed by atoms with Gasteiger partial charge in [0.05, 0.1) is 8.07 Å². The summed E-state index contributed by atoms with van der Waals surface area (Å²) < 4.78 is 0. The number of fused-ring (bicyclic) bond motifs is 4. The average molecular weight is 761 g/mol. The van der Waals surface area contributed by atoms with Gasteiger partial charge in [-0.2, -0.15) is 0 Å². The third-order valence-electron chi connectivity index (χ3n) is 11.7. The largest absolute Gasteiger partial charge is 0.295 e. The first-order chi connectivity index (χ1) is 28.3. The number of aryl methyl sites for hydroxylation is 1. The Kier molecular flexibility index (Phi) is 8.77. The van der Waals surface area contributed by atoms with E-state index in [4.69, 9.17) is 4.98 Å². The molecule has 0 aliphatic rings. The summed E-state index contributed by atoms with van der Waals surface area (Å²) >= 11 is 0. The zero-order valence-corrected chi connectivity index (χ0v) is 34.4. The molecule has 0 saturated heterocycles. The second-order valence-corrected chi connectivity index (χ2v) is 21.6. The molecule has 1 heterocycles. The Morgan fingerprint density at radius 3 is 1.43 bits per heavy atom. The van der Waals surface area contributed by atoms with Crippen LogP contribution in [0.2, 0.25) is 19.6 Å². The van der Waals surface area contributed by atoms with Crippen molar-refractivity contribution in [3.63, 3.8) is 0 Å². The lowest BCUT2D eigenvalue weighted by Crippen LogP contribution is -2.37. The zero-order chi connectivity index (χ0) is 39.4. The third-order valence-corrected chi connectivity index (χ3v) is 13.7. The molecule has 0 N–H and O–H groups in total. The quantitative estimate of drug-likeness (QED) is 0.119. The van der Waals surface area contributed by atoms with Crippen molar-refractivity contribution >= 4 is 73.5 Å². The van der Waals surface area contributed by atoms with Gasteiger partial charge < -0.3 is 0 Å². The predicted molar refractivity (Wildman–Crippen MR) is 253 cm³/mol. The highest BCUT2D eigenvalue weighted by molar-refractivity contribution is 6.88. The highest BCUT2D eigenvalue weighted by atomic mass is 28.3. The van der Waals surface area contributed by atoms with Crippen LogP contribution in [0.15, 0.2) is 194 Å². The fourth-order valence-electron chi connectivity index (χ4n) is 8.65. The Balaban J connectivity index is 1.16. The van der Waals surface area contributed by atoms with Crippen LogP contribution in [0, 0.1) is 6.92 Å². The van der Waals surface area contributed by atoms with Crippen molar-refractivity contribution in [3.8, 4) is 33.4 Å². The molecule has 0 fully saturated rings. The molecule has 0 atom stereocenters. The number of hydrogen-bond acceptors (Lipinski definition) is 2. The van der Waals surface area contributed by atoms with Gasteiger partial charge in [-0.05, 0) is 138 Å². The van der Waals surface area contributed by atoms with Crippen molar-refractivity contribution in [3.05, 3.63) is 200 Å². The van der Waals surface area contributed by atoms with Crippen LogP contribution in [0.1, 0.15) is 5.69 Å². The molecule has 58 heavy (non-hydrogen) atoms. The summed E-state index contributed by atoms with van der Waals surface area (Å²) in [7, 11) is -1.45. The molecule has 0 aliphatic carbocycles. The van der Waals surface area contributed by atoms with Crippen molar-refractivity contribution in [2.24, 2.45) is 0 Å². The molecule has 0 unspecified atom stereocenters. The van der Waals surface area contributed by atoms with Crippen LogP contribution in [-0.2, 0) is 0 Å². The summed E-state index contributed by atoms with van der Waals surface area (Å²) in [5.41, 5.74) is 10.5. The number of aromatic nitrogens is 1. The number of rotatable bonds is 7. The van der Waals surface area contributed by atoms with E-state index in [-0.39, 0.29) is 0 Å². The van der Waals surface area contributed by atoms with Gasteiger partial charge in [0.1, 0.15) is 5.82 Å². The molecule has 2 nitrogen and oxygen atoms in total. The van der Waals surface area contributed by atoms with Gasteiger partial charge in [-0.25, -0.2) is 4.98 Å². The molecule has 0 spiro atoms. The van der Waals surface area contributed by atoms with Crippen LogP contribution < -0.4 is 10.1 Å². The minimum Gasteiger partial charge on any atom is -0.295 e. The van der Waals surface area contributed by atoms with Crippen LogP contribution in [0.5, 0.6) is 0 Å². The van der Waals surface area contributed by atoms with E-state index in [0.717, 1.165) is 22.9 Å². The van der Waals surface area contributed by atoms with Crippen LogP contribution >= 0.6 is 0 Å². The number of pyridine rings is 1. The molecule has 0 aliphatic heterocycles. The smallest absolute Gasteiger partial charge is 0.137 e. The highest BCUT2D eigenvalue weighted by Gasteiger charge is 2.21. The van der Waals surface area contributed by atoms with E-state index in [9.17, 15) is 0 Å². The van der Waals surface area contributed by atoms with Crippen LogP contribution in [-0.4, -0.2) is 13.1 Å². The van der Waals surface area contributed by atoms with Crippen LogP contribution in [0.25, 0.3) is 76.5 Å². The summed E-state index contributed by atoms with van der Waals surface area (Å²) in [6.07, 6.45) is 0. The van der Waals surface area contributed by atoms with Crippen molar-refractivity contribution in [1.82, 2.24) is 4.98 Å². The monoisotopic (exact) mass is 760 g/mol. The Morgan fingerprint density at radius 2 is 0.862 bits per heavy atom. The van der Waals surface area contributed by atoms with Gasteiger partial charge >= 0.3 is 0 Å². The van der Waals surface area contributed by atoms with Crippen LogP contribution in [0.3, 0.4) is 0 Å². The van der Waals surface area contributed by atoms with E-state index in [1.807, 2.05) is 0 Å². The maximum atomic E-state index is 4.98. The molecule has 0 saturated carbocycles. The van der Waals surface area contributed by atoms with E-state index in [1.54, 1.807) is 0 Å². The van der Waals surface area contributed by atoms with Gasteiger partial charge in [0.15, 0.2) is 0 Å². The Labute approximate surface area is 341 Å². The summed E-state index contributed by atoms with van der Waals surface area (Å²) in [5, 5.41) is 11.4. The lowest BCUT2D eigenvalue weighted by atomic mass is 9.84. The molecular weight excluding hydrogens is 717 g/mol. The van der Waals surface area contributed by atoms with E-state index in [1.165, 1.54) is 81.7 Å². The Hall–Kier alpha value is -6.81. The first-order valence-electron chi connectivity index (χ1n) is 20.2. The number of anilines is 3. The predicted octanol–water partition coefficient (Wildman–Crippen LogP) is 15.0. The highest BCUT2D eigenvalue weighted by Crippen LogP contribution is 2.46. The maximum Gasteiger partial charge on any atom is 0.137 e. The summed E-state index contributed by atoms with van der Waals surface area (Å²) in [6.45, 7) is 9.24. The third kappa shape index (κ3) is 6.44. The van der Waals surface area contributed by atoms with E-state index < -0.39 is 8.07 Å². The van der Waals surface area contributed by atoms with Gasteiger partial charge in [0, 0.05) is 17.1 Å². The van der Waals surface area contributed by atoms with Crippen molar-refractivity contribution in [2.45, 2.75) is 26.6 Å². The van der Waals surface area contributed by atoms with Crippen molar-refractivity contribution in [1.29, 1.82) is 0 Å². The standard InChI is InChI=1S/C55H44N2Si/c1-37-12-11-19-53(56-37)57(47-29-31-48(32-30-47)58(2,3)4)46-27-24-40(25-28-46)43-26-33-51-52(36-43)55(45-23-21-39-14-6-8-16-42(39)35-45)50-18-10-9-17-49(50)54(51)44-22-20-38-13-5-7-15-41(38)34-44/h5-36H,1-4H3. The van der Waals surface area contributed by atoms with Gasteiger partial charge in [-0.15, -0.1) is 0 Å². The Bertz CT molecular complexity index is 3160. The first kappa shape index (κ1) is 35.6. The number of hydrogen-bond donors (Lipinski definition) is 0. The fraction of sp³-hybridized carbons (Fsp3) is 0.0727. The lowest BCUT2D eigenvalue weighted by Gasteiger charge is -2.26. The average Bonchev–Trinajstić information content (AvgIpc) is 3.25. The van der Waals surface area contributed by atoms with Crippen molar-refractivity contribution in [2.75, 3.05) is 4.90 Å². The summed E-state index contributed by atoms with van der Waals surface area (Å²) in [6, 6.07) is 71.5. The molecular formula is C55H44N2Si. The molecule has 3 heteroatoms.